The van der Waals surface area contributed by atoms with E-state index in [1.807, 2.05) is 0 Å². The average molecular weight is 509 g/mol. The Labute approximate surface area is 203 Å². The first-order valence-corrected chi connectivity index (χ1v) is 11.2. The van der Waals surface area contributed by atoms with E-state index in [0.717, 1.165) is 6.20 Å². The molecule has 14 heteroatoms. The van der Waals surface area contributed by atoms with E-state index in [1.165, 1.54) is 35.6 Å². The minimum atomic E-state index is -3.04. The van der Waals surface area contributed by atoms with Gasteiger partial charge in [-0.1, -0.05) is 6.92 Å². The average Bonchev–Trinajstić information content (AvgIpc) is 3.11. The minimum Gasteiger partial charge on any atom is -0.480 e. The number of piperidine rings is 1. The molecule has 1 fully saturated rings. The number of aromatic amines is 1. The third kappa shape index (κ3) is 4.80. The fraction of sp³-hybridized carbons (Fsp3) is 0.455. The maximum absolute atomic E-state index is 14.6. The summed E-state index contributed by atoms with van der Waals surface area (Å²) in [4.78, 5) is 36.2. The number of nitrogens with two attached hydrogens (primary N) is 1. The zero-order chi connectivity index (χ0) is 26.2. The third-order valence-corrected chi connectivity index (χ3v) is 5.95. The van der Waals surface area contributed by atoms with Gasteiger partial charge in [0.05, 0.1) is 24.4 Å². The normalized spacial score (nSPS) is 19.4. The summed E-state index contributed by atoms with van der Waals surface area (Å²) in [6.07, 6.45) is 0.925. The Morgan fingerprint density at radius 3 is 2.81 bits per heavy atom. The Morgan fingerprint density at radius 2 is 2.11 bits per heavy atom. The largest absolute Gasteiger partial charge is 0.480 e. The molecule has 0 amide bonds. The van der Waals surface area contributed by atoms with Crippen LogP contribution >= 0.6 is 0 Å². The van der Waals surface area contributed by atoms with E-state index in [4.69, 9.17) is 15.2 Å². The van der Waals surface area contributed by atoms with E-state index in [1.54, 1.807) is 6.92 Å². The molecular weight excluding hydrogens is 483 g/mol. The van der Waals surface area contributed by atoms with Crippen LogP contribution in [-0.4, -0.2) is 63.8 Å². The molecule has 0 radical (unpaired) electrons. The number of carbonyl (C=O) groups excluding carboxylic acids is 1. The number of anilines is 3. The van der Waals surface area contributed by atoms with E-state index in [-0.39, 0.29) is 42.9 Å². The topological polar surface area (TPSA) is 140 Å². The fourth-order valence-electron chi connectivity index (χ4n) is 4.02. The van der Waals surface area contributed by atoms with Crippen LogP contribution < -0.4 is 26.4 Å². The van der Waals surface area contributed by atoms with Gasteiger partial charge in [0.2, 0.25) is 5.95 Å². The van der Waals surface area contributed by atoms with Crippen molar-refractivity contribution in [2.24, 2.45) is 18.7 Å². The standard InChI is InChI=1S/C22H26F3N7O4/c1-4-35-17(33)10-36-15-6-12(5-14-18(15)31(3)21(34)29-14)28-19-13(23)7-27-20(30-19)32-8-11(2)22(24,25)16(26)9-32/h5-7,11,16H,4,8-10,26H2,1-3H3,(H,29,34)(H,27,28,30). The van der Waals surface area contributed by atoms with Crippen molar-refractivity contribution < 1.29 is 27.4 Å². The van der Waals surface area contributed by atoms with Gasteiger partial charge >= 0.3 is 11.7 Å². The highest BCUT2D eigenvalue weighted by atomic mass is 19.3. The number of halogens is 3. The predicted molar refractivity (Wildman–Crippen MR) is 125 cm³/mol. The number of fused-ring (bicyclic) bond motifs is 1. The van der Waals surface area contributed by atoms with Crippen LogP contribution in [0.15, 0.2) is 23.1 Å². The quantitative estimate of drug-likeness (QED) is 0.407. The van der Waals surface area contributed by atoms with Crippen LogP contribution in [0.5, 0.6) is 5.75 Å². The van der Waals surface area contributed by atoms with Crippen LogP contribution in [-0.2, 0) is 16.6 Å². The number of nitrogens with one attached hydrogen (secondary N) is 2. The molecule has 2 unspecified atom stereocenters. The molecular formula is C22H26F3N7O4. The summed E-state index contributed by atoms with van der Waals surface area (Å²) in [6, 6.07) is 1.58. The van der Waals surface area contributed by atoms with E-state index < -0.39 is 42.0 Å². The van der Waals surface area contributed by atoms with Crippen LogP contribution in [0.25, 0.3) is 11.0 Å². The van der Waals surface area contributed by atoms with Crippen molar-refractivity contribution >= 4 is 34.5 Å². The van der Waals surface area contributed by atoms with E-state index in [2.05, 4.69) is 20.3 Å². The molecule has 2 atom stereocenters. The molecule has 0 bridgehead atoms. The lowest BCUT2D eigenvalue weighted by molar-refractivity contribution is -0.145. The van der Waals surface area contributed by atoms with Crippen molar-refractivity contribution in [3.8, 4) is 5.75 Å². The first kappa shape index (κ1) is 25.3. The number of imidazole rings is 1. The highest BCUT2D eigenvalue weighted by Crippen LogP contribution is 2.34. The van der Waals surface area contributed by atoms with Crippen LogP contribution in [0.1, 0.15) is 13.8 Å². The lowest BCUT2D eigenvalue weighted by Crippen LogP contribution is -2.60. The predicted octanol–water partition coefficient (Wildman–Crippen LogP) is 1.90. The van der Waals surface area contributed by atoms with Gasteiger partial charge < -0.3 is 30.4 Å². The molecule has 1 saturated heterocycles. The molecule has 11 nitrogen and oxygen atoms in total. The maximum atomic E-state index is 14.6. The molecule has 0 aliphatic carbocycles. The number of carbonyl (C=O) groups is 1. The lowest BCUT2D eigenvalue weighted by Gasteiger charge is -2.40. The van der Waals surface area contributed by atoms with Crippen molar-refractivity contribution in [2.75, 3.05) is 36.5 Å². The Hall–Kier alpha value is -3.81. The van der Waals surface area contributed by atoms with Crippen LogP contribution in [0.2, 0.25) is 0 Å². The van der Waals surface area contributed by atoms with E-state index >= 15 is 0 Å². The highest BCUT2D eigenvalue weighted by Gasteiger charge is 2.48. The molecule has 3 aromatic rings. The summed E-state index contributed by atoms with van der Waals surface area (Å²) >= 11 is 0. The number of H-pyrrole nitrogens is 1. The third-order valence-electron chi connectivity index (χ3n) is 5.95. The first-order chi connectivity index (χ1) is 17.0. The van der Waals surface area contributed by atoms with Gasteiger partial charge in [-0.3, -0.25) is 4.57 Å². The highest BCUT2D eigenvalue weighted by molar-refractivity contribution is 5.87. The van der Waals surface area contributed by atoms with E-state index in [9.17, 15) is 22.8 Å². The van der Waals surface area contributed by atoms with Gasteiger partial charge in [0.15, 0.2) is 18.2 Å². The summed E-state index contributed by atoms with van der Waals surface area (Å²) in [5.74, 6) is -5.53. The van der Waals surface area contributed by atoms with Crippen molar-refractivity contribution in [1.29, 1.82) is 0 Å². The number of rotatable bonds is 7. The second kappa shape index (κ2) is 9.68. The summed E-state index contributed by atoms with van der Waals surface area (Å²) in [5.41, 5.74) is 6.26. The molecule has 3 heterocycles. The van der Waals surface area contributed by atoms with Crippen molar-refractivity contribution in [2.45, 2.75) is 25.8 Å². The van der Waals surface area contributed by atoms with Gasteiger partial charge in [0, 0.05) is 37.8 Å². The number of esters is 1. The number of ether oxygens (including phenoxy) is 2. The molecule has 1 aromatic carbocycles. The molecule has 1 aliphatic rings. The number of aromatic nitrogens is 4. The molecule has 4 rings (SSSR count). The summed E-state index contributed by atoms with van der Waals surface area (Å²) < 4.78 is 54.6. The van der Waals surface area contributed by atoms with E-state index in [0.29, 0.717) is 11.0 Å². The summed E-state index contributed by atoms with van der Waals surface area (Å²) in [5, 5.41) is 2.80. The van der Waals surface area contributed by atoms with Crippen LogP contribution in [0, 0.1) is 11.7 Å². The molecule has 0 spiro atoms. The SMILES string of the molecule is CCOC(=O)COc1cc(Nc2nc(N3CC(C)C(F)(F)C(N)C3)ncc2F)cc2[nH]c(=O)n(C)c12. The van der Waals surface area contributed by atoms with Crippen molar-refractivity contribution in [1.82, 2.24) is 19.5 Å². The number of hydrogen-bond acceptors (Lipinski definition) is 9. The Morgan fingerprint density at radius 1 is 1.36 bits per heavy atom. The zero-order valence-corrected chi connectivity index (χ0v) is 19.8. The second-order valence-corrected chi connectivity index (χ2v) is 8.53. The van der Waals surface area contributed by atoms with Crippen molar-refractivity contribution in [3.05, 3.63) is 34.6 Å². The molecule has 0 saturated carbocycles. The molecule has 194 valence electrons. The maximum Gasteiger partial charge on any atom is 0.344 e. The van der Waals surface area contributed by atoms with Gasteiger partial charge in [-0.05, 0) is 13.0 Å². The van der Waals surface area contributed by atoms with Crippen LogP contribution in [0.3, 0.4) is 0 Å². The minimum absolute atomic E-state index is 0.0321. The Balaban J connectivity index is 1.64. The monoisotopic (exact) mass is 509 g/mol. The van der Waals surface area contributed by atoms with Crippen LogP contribution in [0.4, 0.5) is 30.6 Å². The fourth-order valence-corrected chi connectivity index (χ4v) is 4.02. The summed E-state index contributed by atoms with van der Waals surface area (Å²) in [6.45, 7) is 2.54. The van der Waals surface area contributed by atoms with Gasteiger partial charge in [-0.15, -0.1) is 0 Å². The first-order valence-electron chi connectivity index (χ1n) is 11.2. The smallest absolute Gasteiger partial charge is 0.344 e. The van der Waals surface area contributed by atoms with Gasteiger partial charge in [-0.2, -0.15) is 4.98 Å². The van der Waals surface area contributed by atoms with Gasteiger partial charge in [0.1, 0.15) is 11.3 Å². The Kier molecular flexibility index (Phi) is 6.80. The number of nitrogens with zero attached hydrogens (tertiary/aromatic N) is 4. The van der Waals surface area contributed by atoms with Gasteiger partial charge in [0.25, 0.3) is 5.92 Å². The molecule has 2 aromatic heterocycles. The zero-order valence-electron chi connectivity index (χ0n) is 19.8. The molecule has 36 heavy (non-hydrogen) atoms. The number of aryl methyl sites for hydroxylation is 1. The molecule has 4 N–H and O–H groups in total. The second-order valence-electron chi connectivity index (χ2n) is 8.53. The summed E-state index contributed by atoms with van der Waals surface area (Å²) in [7, 11) is 1.52. The number of alkyl halides is 2. The molecule has 1 aliphatic heterocycles. The number of hydrogen-bond donors (Lipinski definition) is 3. The Bertz CT molecular complexity index is 1330. The number of benzene rings is 1. The van der Waals surface area contributed by atoms with Crippen molar-refractivity contribution in [3.63, 3.8) is 0 Å². The van der Waals surface area contributed by atoms with Gasteiger partial charge in [-0.25, -0.2) is 27.7 Å². The lowest BCUT2D eigenvalue weighted by atomic mass is 9.92.